The molecule has 21 heavy (non-hydrogen) atoms. The number of rotatable bonds is 5. The van der Waals surface area contributed by atoms with Gasteiger partial charge in [0.2, 0.25) is 0 Å². The van der Waals surface area contributed by atoms with Crippen LogP contribution >= 0.6 is 0 Å². The average Bonchev–Trinajstić information content (AvgIpc) is 2.43. The topological polar surface area (TPSA) is 84.5 Å². The summed E-state index contributed by atoms with van der Waals surface area (Å²) in [7, 11) is 0. The lowest BCUT2D eigenvalue weighted by molar-refractivity contribution is -0.143. The molecule has 0 bridgehead atoms. The molecule has 112 valence electrons. The first kappa shape index (κ1) is 16.4. The summed E-state index contributed by atoms with van der Waals surface area (Å²) in [6.45, 7) is 3.01. The molecule has 0 saturated carbocycles. The van der Waals surface area contributed by atoms with Gasteiger partial charge in [0.15, 0.2) is 6.61 Å². The maximum Gasteiger partial charge on any atom is 0.331 e. The molecule has 0 heterocycles. The number of imide groups is 1. The third kappa shape index (κ3) is 7.51. The van der Waals surface area contributed by atoms with Gasteiger partial charge >= 0.3 is 12.0 Å². The van der Waals surface area contributed by atoms with Crippen molar-refractivity contribution in [3.8, 4) is 0 Å². The molecular weight excluding hydrogens is 272 g/mol. The van der Waals surface area contributed by atoms with E-state index in [1.54, 1.807) is 19.9 Å². The van der Waals surface area contributed by atoms with Gasteiger partial charge in [0.05, 0.1) is 0 Å². The lowest BCUT2D eigenvalue weighted by atomic mass is 10.2. The molecule has 6 nitrogen and oxygen atoms in total. The quantitative estimate of drug-likeness (QED) is 0.635. The maximum absolute atomic E-state index is 11.4. The van der Waals surface area contributed by atoms with Crippen LogP contribution in [0.2, 0.25) is 0 Å². The lowest BCUT2D eigenvalue weighted by Gasteiger charge is -2.08. The predicted molar refractivity (Wildman–Crippen MR) is 78.2 cm³/mol. The fraction of sp³-hybridized carbons (Fsp3) is 0.267. The summed E-state index contributed by atoms with van der Waals surface area (Å²) in [6.07, 6.45) is 2.79. The van der Waals surface area contributed by atoms with Crippen LogP contribution in [0.3, 0.4) is 0 Å². The van der Waals surface area contributed by atoms with Crippen LogP contribution in [0.15, 0.2) is 36.4 Å². The van der Waals surface area contributed by atoms with Crippen molar-refractivity contribution in [1.82, 2.24) is 10.6 Å². The van der Waals surface area contributed by atoms with E-state index >= 15 is 0 Å². The summed E-state index contributed by atoms with van der Waals surface area (Å²) in [5.41, 5.74) is 0.843. The third-order valence-electron chi connectivity index (χ3n) is 2.23. The molecule has 0 aliphatic carbocycles. The first-order valence-electron chi connectivity index (χ1n) is 6.47. The zero-order valence-corrected chi connectivity index (χ0v) is 12.0. The molecule has 0 radical (unpaired) electrons. The van der Waals surface area contributed by atoms with E-state index in [2.05, 4.69) is 10.6 Å². The van der Waals surface area contributed by atoms with Crippen LogP contribution in [-0.2, 0) is 14.3 Å². The van der Waals surface area contributed by atoms with Gasteiger partial charge in [-0.05, 0) is 25.5 Å². The predicted octanol–water partition coefficient (Wildman–Crippen LogP) is 1.48. The summed E-state index contributed by atoms with van der Waals surface area (Å²) >= 11 is 0. The molecule has 1 aromatic rings. The van der Waals surface area contributed by atoms with Crippen molar-refractivity contribution in [3.05, 3.63) is 42.0 Å². The highest BCUT2D eigenvalue weighted by Crippen LogP contribution is 2.00. The SMILES string of the molecule is CC(C)NC(=O)NC(=O)COC(=O)/C=C/c1ccccc1. The molecule has 0 spiro atoms. The fourth-order valence-corrected chi connectivity index (χ4v) is 1.37. The number of ether oxygens (including phenoxy) is 1. The molecule has 0 aromatic heterocycles. The summed E-state index contributed by atoms with van der Waals surface area (Å²) in [5, 5.41) is 4.53. The molecule has 0 atom stereocenters. The maximum atomic E-state index is 11.4. The molecule has 0 unspecified atom stereocenters. The monoisotopic (exact) mass is 290 g/mol. The number of nitrogens with one attached hydrogen (secondary N) is 2. The largest absolute Gasteiger partial charge is 0.452 e. The summed E-state index contributed by atoms with van der Waals surface area (Å²) in [5.74, 6) is -1.34. The molecule has 0 saturated heterocycles. The molecule has 2 N–H and O–H groups in total. The van der Waals surface area contributed by atoms with Crippen LogP contribution in [0.4, 0.5) is 4.79 Å². The second-order valence-corrected chi connectivity index (χ2v) is 4.53. The second-order valence-electron chi connectivity index (χ2n) is 4.53. The van der Waals surface area contributed by atoms with Crippen LogP contribution in [0.5, 0.6) is 0 Å². The van der Waals surface area contributed by atoms with Crippen molar-refractivity contribution in [2.24, 2.45) is 0 Å². The van der Waals surface area contributed by atoms with Crippen LogP contribution in [0, 0.1) is 0 Å². The molecule has 0 fully saturated rings. The highest BCUT2D eigenvalue weighted by molar-refractivity contribution is 5.96. The Morgan fingerprint density at radius 1 is 1.19 bits per heavy atom. The smallest absolute Gasteiger partial charge is 0.331 e. The van der Waals surface area contributed by atoms with E-state index in [0.717, 1.165) is 5.56 Å². The van der Waals surface area contributed by atoms with Crippen molar-refractivity contribution in [2.45, 2.75) is 19.9 Å². The van der Waals surface area contributed by atoms with E-state index in [-0.39, 0.29) is 6.04 Å². The van der Waals surface area contributed by atoms with Crippen molar-refractivity contribution < 1.29 is 19.1 Å². The number of hydrogen-bond acceptors (Lipinski definition) is 4. The Morgan fingerprint density at radius 3 is 2.48 bits per heavy atom. The Labute approximate surface area is 123 Å². The van der Waals surface area contributed by atoms with Crippen molar-refractivity contribution >= 4 is 24.0 Å². The highest BCUT2D eigenvalue weighted by atomic mass is 16.5. The van der Waals surface area contributed by atoms with Crippen LogP contribution in [0.1, 0.15) is 19.4 Å². The molecule has 0 aliphatic rings. The molecule has 1 aromatic carbocycles. The number of benzene rings is 1. The van der Waals surface area contributed by atoms with Crippen LogP contribution < -0.4 is 10.6 Å². The van der Waals surface area contributed by atoms with E-state index in [1.807, 2.05) is 30.3 Å². The average molecular weight is 290 g/mol. The molecule has 3 amide bonds. The lowest BCUT2D eigenvalue weighted by Crippen LogP contribution is -2.43. The minimum Gasteiger partial charge on any atom is -0.452 e. The fourth-order valence-electron chi connectivity index (χ4n) is 1.37. The molecule has 6 heteroatoms. The van der Waals surface area contributed by atoms with Gasteiger partial charge in [-0.3, -0.25) is 10.1 Å². The van der Waals surface area contributed by atoms with Gasteiger partial charge in [0, 0.05) is 12.1 Å². The van der Waals surface area contributed by atoms with Crippen molar-refractivity contribution in [1.29, 1.82) is 0 Å². The number of carbonyl (C=O) groups is 3. The number of carbonyl (C=O) groups excluding carboxylic acids is 3. The minimum atomic E-state index is -0.686. The number of hydrogen-bond donors (Lipinski definition) is 2. The Morgan fingerprint density at radius 2 is 1.86 bits per heavy atom. The number of urea groups is 1. The molecular formula is C15H18N2O4. The van der Waals surface area contributed by atoms with E-state index in [1.165, 1.54) is 6.08 Å². The first-order valence-corrected chi connectivity index (χ1v) is 6.47. The Bertz CT molecular complexity index is 524. The minimum absolute atomic E-state index is 0.0887. The van der Waals surface area contributed by atoms with Gasteiger partial charge in [-0.2, -0.15) is 0 Å². The van der Waals surface area contributed by atoms with E-state index in [9.17, 15) is 14.4 Å². The van der Waals surface area contributed by atoms with Crippen molar-refractivity contribution in [3.63, 3.8) is 0 Å². The Hall–Kier alpha value is -2.63. The van der Waals surface area contributed by atoms with E-state index in [4.69, 9.17) is 4.74 Å². The van der Waals surface area contributed by atoms with Gasteiger partial charge in [-0.15, -0.1) is 0 Å². The van der Waals surface area contributed by atoms with Gasteiger partial charge in [-0.25, -0.2) is 9.59 Å². The summed E-state index contributed by atoms with van der Waals surface area (Å²) < 4.78 is 4.71. The highest BCUT2D eigenvalue weighted by Gasteiger charge is 2.10. The van der Waals surface area contributed by atoms with E-state index in [0.29, 0.717) is 0 Å². The number of esters is 1. The zero-order valence-electron chi connectivity index (χ0n) is 12.0. The Balaban J connectivity index is 2.31. The van der Waals surface area contributed by atoms with Crippen LogP contribution in [0.25, 0.3) is 6.08 Å². The third-order valence-corrected chi connectivity index (χ3v) is 2.23. The van der Waals surface area contributed by atoms with Crippen LogP contribution in [-0.4, -0.2) is 30.6 Å². The molecule has 1 rings (SSSR count). The van der Waals surface area contributed by atoms with Gasteiger partial charge in [-0.1, -0.05) is 30.3 Å². The van der Waals surface area contributed by atoms with Gasteiger partial charge < -0.3 is 10.1 Å². The second kappa shape index (κ2) is 8.52. The van der Waals surface area contributed by atoms with E-state index < -0.39 is 24.5 Å². The van der Waals surface area contributed by atoms with Crippen molar-refractivity contribution in [2.75, 3.05) is 6.61 Å². The summed E-state index contributed by atoms with van der Waals surface area (Å²) in [6, 6.07) is 8.49. The first-order chi connectivity index (χ1) is 9.97. The summed E-state index contributed by atoms with van der Waals surface area (Å²) in [4.78, 5) is 34.0. The zero-order chi connectivity index (χ0) is 15.7. The molecule has 0 aliphatic heterocycles. The standard InChI is InChI=1S/C15H18N2O4/c1-11(2)16-15(20)17-13(18)10-21-14(19)9-8-12-6-4-3-5-7-12/h3-9,11H,10H2,1-2H3,(H2,16,17,18,20)/b9-8+. The van der Waals surface area contributed by atoms with Gasteiger partial charge in [0.1, 0.15) is 0 Å². The van der Waals surface area contributed by atoms with Gasteiger partial charge in [0.25, 0.3) is 5.91 Å². The number of amides is 3. The Kier molecular flexibility index (Phi) is 6.67. The normalized spacial score (nSPS) is 10.4.